The van der Waals surface area contributed by atoms with Crippen molar-refractivity contribution in [3.63, 3.8) is 0 Å². The van der Waals surface area contributed by atoms with Crippen LogP contribution in [0.5, 0.6) is 0 Å². The summed E-state index contributed by atoms with van der Waals surface area (Å²) in [6.07, 6.45) is -0.268. The van der Waals surface area contributed by atoms with E-state index in [0.717, 1.165) is 11.1 Å². The van der Waals surface area contributed by atoms with Crippen molar-refractivity contribution in [3.05, 3.63) is 71.8 Å². The maximum absolute atomic E-state index is 13.0. The quantitative estimate of drug-likeness (QED) is 0.760. The number of benzene rings is 2. The Kier molecular flexibility index (Phi) is 7.16. The summed E-state index contributed by atoms with van der Waals surface area (Å²) in [5.74, 6) is -1.03. The van der Waals surface area contributed by atoms with Gasteiger partial charge in [-0.05, 0) is 17.5 Å². The highest BCUT2D eigenvalue weighted by Gasteiger charge is 2.25. The van der Waals surface area contributed by atoms with Gasteiger partial charge in [-0.15, -0.1) is 0 Å². The first kappa shape index (κ1) is 18.7. The lowest BCUT2D eigenvalue weighted by Gasteiger charge is -2.27. The topological polar surface area (TPSA) is 66.8 Å². The summed E-state index contributed by atoms with van der Waals surface area (Å²) in [7, 11) is 1.51. The number of rotatable bonds is 9. The van der Waals surface area contributed by atoms with Crippen LogP contribution in [0.4, 0.5) is 0 Å². The second-order valence-corrected chi connectivity index (χ2v) is 5.77. The van der Waals surface area contributed by atoms with E-state index in [0.29, 0.717) is 19.5 Å². The molecule has 0 radical (unpaired) electrons. The van der Waals surface area contributed by atoms with Crippen molar-refractivity contribution in [2.75, 3.05) is 13.7 Å². The molecule has 0 spiro atoms. The van der Waals surface area contributed by atoms with Gasteiger partial charge in [-0.25, -0.2) is 0 Å². The zero-order valence-electron chi connectivity index (χ0n) is 14.3. The lowest BCUT2D eigenvalue weighted by Crippen LogP contribution is -2.36. The normalized spacial score (nSPS) is 11.7. The maximum Gasteiger partial charge on any atom is 0.303 e. The van der Waals surface area contributed by atoms with E-state index in [1.807, 2.05) is 60.7 Å². The maximum atomic E-state index is 13.0. The molecule has 1 atom stereocenters. The third-order valence-electron chi connectivity index (χ3n) is 3.91. The fraction of sp³-hybridized carbons (Fsp3) is 0.300. The van der Waals surface area contributed by atoms with Crippen LogP contribution < -0.4 is 0 Å². The number of carboxylic acid groups (broad SMARTS) is 1. The van der Waals surface area contributed by atoms with Gasteiger partial charge in [0.05, 0.1) is 0 Å². The summed E-state index contributed by atoms with van der Waals surface area (Å²) in [6.45, 7) is 0.790. The van der Waals surface area contributed by atoms with Crippen LogP contribution in [0.1, 0.15) is 30.1 Å². The van der Waals surface area contributed by atoms with Gasteiger partial charge in [0.1, 0.15) is 0 Å². The number of carboxylic acids is 1. The summed E-state index contributed by atoms with van der Waals surface area (Å²) in [4.78, 5) is 25.5. The number of ether oxygens (including phenoxy) is 1. The van der Waals surface area contributed by atoms with Crippen molar-refractivity contribution < 1.29 is 19.4 Å². The van der Waals surface area contributed by atoms with E-state index in [2.05, 4.69) is 0 Å². The molecule has 0 saturated carbocycles. The second kappa shape index (κ2) is 9.59. The Morgan fingerprint density at radius 2 is 1.64 bits per heavy atom. The number of amides is 1. The van der Waals surface area contributed by atoms with Crippen molar-refractivity contribution in [3.8, 4) is 0 Å². The number of methoxy groups -OCH3 is 1. The fourth-order valence-electron chi connectivity index (χ4n) is 2.67. The highest BCUT2D eigenvalue weighted by atomic mass is 16.5. The van der Waals surface area contributed by atoms with Gasteiger partial charge in [0.15, 0.2) is 6.10 Å². The second-order valence-electron chi connectivity index (χ2n) is 5.77. The van der Waals surface area contributed by atoms with Gasteiger partial charge >= 0.3 is 5.97 Å². The number of hydrogen-bond donors (Lipinski definition) is 1. The van der Waals surface area contributed by atoms with Crippen LogP contribution in [0, 0.1) is 0 Å². The highest BCUT2D eigenvalue weighted by molar-refractivity contribution is 5.82. The predicted octanol–water partition coefficient (Wildman–Crippen LogP) is 3.27. The van der Waals surface area contributed by atoms with E-state index in [-0.39, 0.29) is 12.3 Å². The summed E-state index contributed by atoms with van der Waals surface area (Å²) < 4.78 is 5.44. The molecule has 0 bridgehead atoms. The Morgan fingerprint density at radius 3 is 2.20 bits per heavy atom. The smallest absolute Gasteiger partial charge is 0.303 e. The third-order valence-corrected chi connectivity index (χ3v) is 3.91. The molecule has 25 heavy (non-hydrogen) atoms. The van der Waals surface area contributed by atoms with Crippen molar-refractivity contribution in [1.29, 1.82) is 0 Å². The van der Waals surface area contributed by atoms with E-state index < -0.39 is 12.1 Å². The molecule has 0 aromatic heterocycles. The molecule has 0 aliphatic heterocycles. The van der Waals surface area contributed by atoms with Crippen molar-refractivity contribution in [1.82, 2.24) is 4.90 Å². The molecule has 2 aromatic rings. The van der Waals surface area contributed by atoms with Crippen LogP contribution in [0.15, 0.2) is 60.7 Å². The fourth-order valence-corrected chi connectivity index (χ4v) is 2.67. The zero-order chi connectivity index (χ0) is 18.1. The molecular weight excluding hydrogens is 318 g/mol. The molecular formula is C20H23NO4. The Bertz CT molecular complexity index is 673. The van der Waals surface area contributed by atoms with Crippen molar-refractivity contribution in [2.24, 2.45) is 0 Å². The van der Waals surface area contributed by atoms with Crippen LogP contribution in [-0.2, 0) is 20.9 Å². The first-order valence-corrected chi connectivity index (χ1v) is 8.24. The van der Waals surface area contributed by atoms with Crippen LogP contribution in [0.3, 0.4) is 0 Å². The lowest BCUT2D eigenvalue weighted by molar-refractivity contribution is -0.144. The van der Waals surface area contributed by atoms with Crippen LogP contribution in [0.2, 0.25) is 0 Å². The number of carbonyl (C=O) groups is 2. The van der Waals surface area contributed by atoms with Crippen molar-refractivity contribution in [2.45, 2.75) is 25.5 Å². The molecule has 0 aliphatic rings. The largest absolute Gasteiger partial charge is 0.481 e. The van der Waals surface area contributed by atoms with Gasteiger partial charge in [0.2, 0.25) is 0 Å². The van der Waals surface area contributed by atoms with Gasteiger partial charge in [-0.3, -0.25) is 9.59 Å². The summed E-state index contributed by atoms with van der Waals surface area (Å²) in [5.41, 5.74) is 1.78. The Morgan fingerprint density at radius 1 is 1.04 bits per heavy atom. The van der Waals surface area contributed by atoms with E-state index in [9.17, 15) is 9.59 Å². The molecule has 0 aliphatic carbocycles. The average molecular weight is 341 g/mol. The Labute approximate surface area is 147 Å². The SMILES string of the molecule is CO[C@@H](C(=O)N(CCCC(=O)O)Cc1ccccc1)c1ccccc1. The van der Waals surface area contributed by atoms with Gasteiger partial charge in [0.25, 0.3) is 5.91 Å². The first-order chi connectivity index (χ1) is 12.1. The standard InChI is InChI=1S/C20H23NO4/c1-25-19(17-11-6-3-7-12-17)20(24)21(14-8-13-18(22)23)15-16-9-4-2-5-10-16/h2-7,9-12,19H,8,13-15H2,1H3,(H,22,23)/t19-/m1/s1. The Balaban J connectivity index is 2.16. The van der Waals surface area contributed by atoms with Gasteiger partial charge in [0, 0.05) is 26.6 Å². The minimum Gasteiger partial charge on any atom is -0.481 e. The zero-order valence-corrected chi connectivity index (χ0v) is 14.3. The van der Waals surface area contributed by atoms with Gasteiger partial charge in [-0.2, -0.15) is 0 Å². The number of nitrogens with zero attached hydrogens (tertiary/aromatic N) is 1. The van der Waals surface area contributed by atoms with E-state index in [1.165, 1.54) is 7.11 Å². The molecule has 132 valence electrons. The van der Waals surface area contributed by atoms with E-state index >= 15 is 0 Å². The monoisotopic (exact) mass is 341 g/mol. The highest BCUT2D eigenvalue weighted by Crippen LogP contribution is 2.21. The lowest BCUT2D eigenvalue weighted by atomic mass is 10.1. The molecule has 5 heteroatoms. The molecule has 0 fully saturated rings. The van der Waals surface area contributed by atoms with Crippen molar-refractivity contribution >= 4 is 11.9 Å². The molecule has 0 heterocycles. The number of aliphatic carboxylic acids is 1. The number of hydrogen-bond acceptors (Lipinski definition) is 3. The van der Waals surface area contributed by atoms with Gasteiger partial charge in [-0.1, -0.05) is 60.7 Å². The molecule has 2 aromatic carbocycles. The first-order valence-electron chi connectivity index (χ1n) is 8.24. The molecule has 2 rings (SSSR count). The summed E-state index contributed by atoms with van der Waals surface area (Å²) in [6, 6.07) is 19.0. The summed E-state index contributed by atoms with van der Waals surface area (Å²) >= 11 is 0. The summed E-state index contributed by atoms with van der Waals surface area (Å²) in [5, 5.41) is 8.86. The Hall–Kier alpha value is -2.66. The molecule has 5 nitrogen and oxygen atoms in total. The van der Waals surface area contributed by atoms with Crippen LogP contribution in [-0.4, -0.2) is 35.5 Å². The third kappa shape index (κ3) is 5.72. The van der Waals surface area contributed by atoms with Crippen LogP contribution in [0.25, 0.3) is 0 Å². The molecule has 0 saturated heterocycles. The minimum absolute atomic E-state index is 0.0293. The van der Waals surface area contributed by atoms with Crippen LogP contribution >= 0.6 is 0 Å². The minimum atomic E-state index is -0.863. The average Bonchev–Trinajstić information content (AvgIpc) is 2.63. The molecule has 1 amide bonds. The van der Waals surface area contributed by atoms with Gasteiger partial charge < -0.3 is 14.7 Å². The predicted molar refractivity (Wildman–Crippen MR) is 94.9 cm³/mol. The van der Waals surface area contributed by atoms with E-state index in [1.54, 1.807) is 4.90 Å². The van der Waals surface area contributed by atoms with E-state index in [4.69, 9.17) is 9.84 Å². The molecule has 1 N–H and O–H groups in total. The number of carbonyl (C=O) groups excluding carboxylic acids is 1. The molecule has 0 unspecified atom stereocenters.